The summed E-state index contributed by atoms with van der Waals surface area (Å²) >= 11 is 0. The lowest BCUT2D eigenvalue weighted by molar-refractivity contribution is 0.103. The maximum absolute atomic E-state index is 3.60. The fourth-order valence-electron chi connectivity index (χ4n) is 3.13. The molecule has 3 heteroatoms. The van der Waals surface area contributed by atoms with E-state index in [1.807, 2.05) is 0 Å². The molecule has 1 aliphatic heterocycles. The van der Waals surface area contributed by atoms with Crippen molar-refractivity contribution in [2.75, 3.05) is 39.8 Å². The normalized spacial score (nSPS) is 25.3. The summed E-state index contributed by atoms with van der Waals surface area (Å²) in [6.07, 6.45) is 2.56. The van der Waals surface area contributed by atoms with Gasteiger partial charge in [-0.25, -0.2) is 0 Å². The van der Waals surface area contributed by atoms with Crippen LogP contribution in [0.5, 0.6) is 0 Å². The van der Waals surface area contributed by atoms with Gasteiger partial charge >= 0.3 is 0 Å². The smallest absolute Gasteiger partial charge is 0.0220 e. The van der Waals surface area contributed by atoms with E-state index >= 15 is 0 Å². The van der Waals surface area contributed by atoms with E-state index in [1.54, 1.807) is 0 Å². The number of hydrogen-bond acceptors (Lipinski definition) is 3. The van der Waals surface area contributed by atoms with Crippen molar-refractivity contribution in [3.05, 3.63) is 0 Å². The van der Waals surface area contributed by atoms with Crippen LogP contribution in [0.1, 0.15) is 47.5 Å². The Kier molecular flexibility index (Phi) is 6.78. The van der Waals surface area contributed by atoms with Gasteiger partial charge in [-0.05, 0) is 51.9 Å². The predicted octanol–water partition coefficient (Wildman–Crippen LogP) is 2.43. The molecule has 0 saturated carbocycles. The van der Waals surface area contributed by atoms with Gasteiger partial charge in [0.1, 0.15) is 0 Å². The molecule has 2 atom stereocenters. The topological polar surface area (TPSA) is 18.5 Å². The molecule has 0 spiro atoms. The summed E-state index contributed by atoms with van der Waals surface area (Å²) in [6, 6.07) is 1.29. The second-order valence-electron chi connectivity index (χ2n) is 6.92. The zero-order valence-electron chi connectivity index (χ0n) is 14.0. The van der Waals surface area contributed by atoms with Crippen LogP contribution in [0.25, 0.3) is 0 Å². The van der Waals surface area contributed by atoms with Crippen molar-refractivity contribution in [2.24, 2.45) is 5.41 Å². The van der Waals surface area contributed by atoms with Crippen molar-refractivity contribution in [2.45, 2.75) is 59.5 Å². The van der Waals surface area contributed by atoms with Crippen LogP contribution in [0.2, 0.25) is 0 Å². The van der Waals surface area contributed by atoms with E-state index in [9.17, 15) is 0 Å². The summed E-state index contributed by atoms with van der Waals surface area (Å²) in [5.74, 6) is 0. The van der Waals surface area contributed by atoms with Gasteiger partial charge in [0.05, 0.1) is 0 Å². The van der Waals surface area contributed by atoms with Gasteiger partial charge in [-0.15, -0.1) is 0 Å². The van der Waals surface area contributed by atoms with Crippen LogP contribution in [0.15, 0.2) is 0 Å². The number of hydrogen-bond donors (Lipinski definition) is 1. The maximum Gasteiger partial charge on any atom is 0.0220 e. The molecule has 0 aliphatic carbocycles. The molecule has 0 radical (unpaired) electrons. The van der Waals surface area contributed by atoms with Crippen LogP contribution >= 0.6 is 0 Å². The molecule has 0 bridgehead atoms. The zero-order valence-corrected chi connectivity index (χ0v) is 14.0. The van der Waals surface area contributed by atoms with Crippen molar-refractivity contribution in [3.63, 3.8) is 0 Å². The number of likely N-dealkylation sites (N-methyl/N-ethyl adjacent to an activating group) is 1. The molecule has 1 aliphatic rings. The molecule has 0 aromatic carbocycles. The van der Waals surface area contributed by atoms with E-state index in [-0.39, 0.29) is 0 Å². The monoisotopic (exact) mass is 269 g/mol. The summed E-state index contributed by atoms with van der Waals surface area (Å²) in [4.78, 5) is 5.23. The van der Waals surface area contributed by atoms with Crippen molar-refractivity contribution in [1.29, 1.82) is 0 Å². The highest BCUT2D eigenvalue weighted by molar-refractivity contribution is 4.87. The number of rotatable bonds is 6. The Morgan fingerprint density at radius 1 is 1.26 bits per heavy atom. The average Bonchev–Trinajstić information content (AvgIpc) is 2.51. The Morgan fingerprint density at radius 3 is 2.53 bits per heavy atom. The first-order valence-corrected chi connectivity index (χ1v) is 8.06. The molecule has 0 amide bonds. The molecule has 114 valence electrons. The van der Waals surface area contributed by atoms with Crippen molar-refractivity contribution in [1.82, 2.24) is 15.1 Å². The van der Waals surface area contributed by atoms with Gasteiger partial charge in [-0.3, -0.25) is 4.90 Å². The summed E-state index contributed by atoms with van der Waals surface area (Å²) < 4.78 is 0. The quantitative estimate of drug-likeness (QED) is 0.799. The van der Waals surface area contributed by atoms with Gasteiger partial charge < -0.3 is 10.2 Å². The third-order valence-electron chi connectivity index (χ3n) is 4.79. The van der Waals surface area contributed by atoms with E-state index < -0.39 is 0 Å². The summed E-state index contributed by atoms with van der Waals surface area (Å²) in [6.45, 7) is 17.7. The van der Waals surface area contributed by atoms with Crippen LogP contribution < -0.4 is 5.32 Å². The Balaban J connectivity index is 2.66. The van der Waals surface area contributed by atoms with Gasteiger partial charge in [0.25, 0.3) is 0 Å². The van der Waals surface area contributed by atoms with Crippen LogP contribution in [0.4, 0.5) is 0 Å². The third kappa shape index (κ3) is 5.05. The number of nitrogens with one attached hydrogen (secondary N) is 1. The molecule has 19 heavy (non-hydrogen) atoms. The fourth-order valence-corrected chi connectivity index (χ4v) is 3.13. The fraction of sp³-hybridized carbons (Fsp3) is 1.00. The summed E-state index contributed by atoms with van der Waals surface area (Å²) in [5.41, 5.74) is 0.326. The molecule has 3 nitrogen and oxygen atoms in total. The second kappa shape index (κ2) is 7.61. The highest BCUT2D eigenvalue weighted by Gasteiger charge is 2.31. The molecular formula is C16H35N3. The molecule has 1 rings (SSSR count). The Hall–Kier alpha value is -0.120. The van der Waals surface area contributed by atoms with Crippen LogP contribution in [0, 0.1) is 5.41 Å². The van der Waals surface area contributed by atoms with E-state index in [2.05, 4.69) is 56.8 Å². The van der Waals surface area contributed by atoms with E-state index in [1.165, 1.54) is 39.0 Å². The zero-order chi connectivity index (χ0) is 14.5. The minimum absolute atomic E-state index is 0.326. The SMILES string of the molecule is CCNC(C)C(C)(C)CN1CCCN(C)CC1CC. The standard InChI is InChI=1S/C16H35N3/c1-7-15-12-18(6)10-9-11-19(15)13-16(4,5)14(3)17-8-2/h14-15,17H,7-13H2,1-6H3. The van der Waals surface area contributed by atoms with Gasteiger partial charge in [-0.1, -0.05) is 27.7 Å². The molecule has 0 aromatic rings. The van der Waals surface area contributed by atoms with Crippen LogP contribution in [-0.2, 0) is 0 Å². The molecule has 1 N–H and O–H groups in total. The first-order valence-electron chi connectivity index (χ1n) is 8.06. The van der Waals surface area contributed by atoms with Crippen molar-refractivity contribution in [3.8, 4) is 0 Å². The van der Waals surface area contributed by atoms with Crippen LogP contribution in [-0.4, -0.2) is 61.7 Å². The highest BCUT2D eigenvalue weighted by Crippen LogP contribution is 2.25. The minimum atomic E-state index is 0.326. The molecular weight excluding hydrogens is 234 g/mol. The van der Waals surface area contributed by atoms with Crippen LogP contribution in [0.3, 0.4) is 0 Å². The molecule has 1 fully saturated rings. The third-order valence-corrected chi connectivity index (χ3v) is 4.79. The predicted molar refractivity (Wildman–Crippen MR) is 84.7 cm³/mol. The van der Waals surface area contributed by atoms with E-state index in [0.29, 0.717) is 11.5 Å². The van der Waals surface area contributed by atoms with Gasteiger partial charge in [0.15, 0.2) is 0 Å². The Labute approximate surface area is 120 Å². The molecule has 2 unspecified atom stereocenters. The van der Waals surface area contributed by atoms with Crippen molar-refractivity contribution < 1.29 is 0 Å². The number of nitrogens with zero attached hydrogens (tertiary/aromatic N) is 2. The van der Waals surface area contributed by atoms with Gasteiger partial charge in [-0.2, -0.15) is 0 Å². The lowest BCUT2D eigenvalue weighted by Crippen LogP contribution is -2.50. The molecule has 1 saturated heterocycles. The van der Waals surface area contributed by atoms with E-state index in [4.69, 9.17) is 0 Å². The lowest BCUT2D eigenvalue weighted by Gasteiger charge is -2.40. The maximum atomic E-state index is 3.60. The first-order chi connectivity index (χ1) is 8.90. The largest absolute Gasteiger partial charge is 0.314 e. The Bertz CT molecular complexity index is 252. The summed E-state index contributed by atoms with van der Waals surface area (Å²) in [5, 5.41) is 3.60. The van der Waals surface area contributed by atoms with Gasteiger partial charge in [0, 0.05) is 25.2 Å². The van der Waals surface area contributed by atoms with Gasteiger partial charge in [0.2, 0.25) is 0 Å². The Morgan fingerprint density at radius 2 is 1.95 bits per heavy atom. The lowest BCUT2D eigenvalue weighted by atomic mass is 9.84. The second-order valence-corrected chi connectivity index (χ2v) is 6.92. The van der Waals surface area contributed by atoms with E-state index in [0.717, 1.165) is 12.6 Å². The highest BCUT2D eigenvalue weighted by atomic mass is 15.2. The minimum Gasteiger partial charge on any atom is -0.314 e. The van der Waals surface area contributed by atoms with Crippen molar-refractivity contribution >= 4 is 0 Å². The first kappa shape index (κ1) is 16.9. The average molecular weight is 269 g/mol. The molecule has 0 aromatic heterocycles. The summed E-state index contributed by atoms with van der Waals surface area (Å²) in [7, 11) is 2.26. The molecule has 1 heterocycles.